The van der Waals surface area contributed by atoms with E-state index in [0.717, 1.165) is 19.6 Å². The van der Waals surface area contributed by atoms with Crippen molar-refractivity contribution in [1.82, 2.24) is 5.32 Å². The van der Waals surface area contributed by atoms with Crippen LogP contribution in [0.2, 0.25) is 0 Å². The van der Waals surface area contributed by atoms with Gasteiger partial charge in [-0.15, -0.1) is 0 Å². The van der Waals surface area contributed by atoms with E-state index in [-0.39, 0.29) is 0 Å². The molecule has 1 aliphatic heterocycles. The SMILES string of the molecule is Cc1cc(C)c(N2CCNCC2CC#N)c(C)c1. The summed E-state index contributed by atoms with van der Waals surface area (Å²) < 4.78 is 0. The van der Waals surface area contributed by atoms with E-state index >= 15 is 0 Å². The number of aryl methyl sites for hydroxylation is 3. The van der Waals surface area contributed by atoms with Crippen molar-refractivity contribution in [3.63, 3.8) is 0 Å². The van der Waals surface area contributed by atoms with Crippen molar-refractivity contribution in [3.8, 4) is 6.07 Å². The number of hydrogen-bond acceptors (Lipinski definition) is 3. The van der Waals surface area contributed by atoms with Crippen molar-refractivity contribution in [1.29, 1.82) is 5.26 Å². The summed E-state index contributed by atoms with van der Waals surface area (Å²) in [6, 6.07) is 7.06. The number of nitrogens with one attached hydrogen (secondary N) is 1. The minimum Gasteiger partial charge on any atom is -0.365 e. The zero-order valence-electron chi connectivity index (χ0n) is 11.5. The normalized spacial score (nSPS) is 19.7. The molecule has 1 unspecified atom stereocenters. The highest BCUT2D eigenvalue weighted by Crippen LogP contribution is 2.29. The summed E-state index contributed by atoms with van der Waals surface area (Å²) in [7, 11) is 0. The van der Waals surface area contributed by atoms with Crippen molar-refractivity contribution >= 4 is 5.69 Å². The van der Waals surface area contributed by atoms with E-state index in [0.29, 0.717) is 12.5 Å². The van der Waals surface area contributed by atoms with E-state index < -0.39 is 0 Å². The number of benzene rings is 1. The van der Waals surface area contributed by atoms with Crippen molar-refractivity contribution in [2.24, 2.45) is 0 Å². The molecule has 0 bridgehead atoms. The molecule has 1 N–H and O–H groups in total. The minimum absolute atomic E-state index is 0.295. The highest BCUT2D eigenvalue weighted by molar-refractivity contribution is 5.61. The first-order valence-corrected chi connectivity index (χ1v) is 6.55. The number of rotatable bonds is 2. The van der Waals surface area contributed by atoms with Crippen LogP contribution in [-0.4, -0.2) is 25.7 Å². The Morgan fingerprint density at radius 1 is 1.33 bits per heavy atom. The van der Waals surface area contributed by atoms with Gasteiger partial charge in [0.1, 0.15) is 0 Å². The minimum atomic E-state index is 0.295. The van der Waals surface area contributed by atoms with E-state index in [1.807, 2.05) is 0 Å². The molecule has 3 nitrogen and oxygen atoms in total. The molecule has 0 aliphatic carbocycles. The number of piperazine rings is 1. The molecule has 0 saturated carbocycles. The van der Waals surface area contributed by atoms with E-state index in [1.165, 1.54) is 22.4 Å². The van der Waals surface area contributed by atoms with Gasteiger partial charge in [0.15, 0.2) is 0 Å². The Bertz CT molecular complexity index is 450. The third-order valence-corrected chi connectivity index (χ3v) is 3.60. The van der Waals surface area contributed by atoms with Gasteiger partial charge in [0.05, 0.1) is 18.5 Å². The molecule has 96 valence electrons. The van der Waals surface area contributed by atoms with E-state index in [1.54, 1.807) is 0 Å². The van der Waals surface area contributed by atoms with Crippen LogP contribution in [0.3, 0.4) is 0 Å². The van der Waals surface area contributed by atoms with E-state index in [2.05, 4.69) is 49.2 Å². The van der Waals surface area contributed by atoms with Crippen LogP contribution in [0.15, 0.2) is 12.1 Å². The smallest absolute Gasteiger partial charge is 0.0643 e. The number of hydrogen-bond donors (Lipinski definition) is 1. The van der Waals surface area contributed by atoms with Gasteiger partial charge in [0.25, 0.3) is 0 Å². The molecule has 18 heavy (non-hydrogen) atoms. The maximum atomic E-state index is 8.96. The topological polar surface area (TPSA) is 39.1 Å². The van der Waals surface area contributed by atoms with Gasteiger partial charge in [-0.05, 0) is 31.9 Å². The van der Waals surface area contributed by atoms with Gasteiger partial charge >= 0.3 is 0 Å². The molecule has 1 heterocycles. The summed E-state index contributed by atoms with van der Waals surface area (Å²) in [6.45, 7) is 9.35. The van der Waals surface area contributed by atoms with Crippen molar-refractivity contribution in [3.05, 3.63) is 28.8 Å². The molecule has 1 atom stereocenters. The average Bonchev–Trinajstić information content (AvgIpc) is 2.30. The molecule has 1 fully saturated rings. The molecule has 1 aromatic rings. The van der Waals surface area contributed by atoms with Crippen molar-refractivity contribution in [2.45, 2.75) is 33.2 Å². The zero-order valence-corrected chi connectivity index (χ0v) is 11.5. The summed E-state index contributed by atoms with van der Waals surface area (Å²) in [5, 5.41) is 12.3. The molecule has 3 heteroatoms. The average molecular weight is 243 g/mol. The molecule has 1 saturated heterocycles. The Morgan fingerprint density at radius 3 is 2.61 bits per heavy atom. The fourth-order valence-corrected chi connectivity index (χ4v) is 2.97. The van der Waals surface area contributed by atoms with E-state index in [9.17, 15) is 0 Å². The Labute approximate surface area is 109 Å². The molecule has 0 aromatic heterocycles. The second-order valence-electron chi connectivity index (χ2n) is 5.16. The Morgan fingerprint density at radius 2 is 2.00 bits per heavy atom. The Kier molecular flexibility index (Phi) is 3.88. The number of nitriles is 1. The maximum absolute atomic E-state index is 8.96. The van der Waals surface area contributed by atoms with Crippen LogP contribution >= 0.6 is 0 Å². The lowest BCUT2D eigenvalue weighted by atomic mass is 10.0. The first kappa shape index (κ1) is 12.9. The lowest BCUT2D eigenvalue weighted by Gasteiger charge is -2.38. The Balaban J connectivity index is 2.37. The second kappa shape index (κ2) is 5.41. The molecular formula is C15H21N3. The summed E-state index contributed by atoms with van der Waals surface area (Å²) in [4.78, 5) is 2.41. The molecule has 1 aromatic carbocycles. The third kappa shape index (κ3) is 2.49. The lowest BCUT2D eigenvalue weighted by molar-refractivity contribution is 0.480. The van der Waals surface area contributed by atoms with Gasteiger partial charge in [0.2, 0.25) is 0 Å². The maximum Gasteiger partial charge on any atom is 0.0643 e. The summed E-state index contributed by atoms with van der Waals surface area (Å²) >= 11 is 0. The standard InChI is InChI=1S/C15H21N3/c1-11-8-12(2)15(13(3)9-11)18-7-6-17-10-14(18)4-5-16/h8-9,14,17H,4,6-7,10H2,1-3H3. The summed E-state index contributed by atoms with van der Waals surface area (Å²) in [5.41, 5.74) is 5.26. The first-order valence-electron chi connectivity index (χ1n) is 6.55. The summed E-state index contributed by atoms with van der Waals surface area (Å²) in [6.07, 6.45) is 0.583. The predicted octanol–water partition coefficient (Wildman–Crippen LogP) is 2.30. The molecular weight excluding hydrogens is 222 g/mol. The van der Waals surface area contributed by atoms with Crippen LogP contribution in [-0.2, 0) is 0 Å². The highest BCUT2D eigenvalue weighted by atomic mass is 15.2. The van der Waals surface area contributed by atoms with Crippen LogP contribution in [0.4, 0.5) is 5.69 Å². The molecule has 2 rings (SSSR count). The number of nitrogens with zero attached hydrogens (tertiary/aromatic N) is 2. The van der Waals surface area contributed by atoms with Crippen LogP contribution in [0.5, 0.6) is 0 Å². The van der Waals surface area contributed by atoms with E-state index in [4.69, 9.17) is 5.26 Å². The fourth-order valence-electron chi connectivity index (χ4n) is 2.97. The Hall–Kier alpha value is -1.53. The largest absolute Gasteiger partial charge is 0.365 e. The lowest BCUT2D eigenvalue weighted by Crippen LogP contribution is -2.51. The van der Waals surface area contributed by atoms with Crippen LogP contribution in [0.25, 0.3) is 0 Å². The van der Waals surface area contributed by atoms with Gasteiger partial charge in [-0.3, -0.25) is 0 Å². The molecule has 0 spiro atoms. The highest BCUT2D eigenvalue weighted by Gasteiger charge is 2.24. The summed E-state index contributed by atoms with van der Waals surface area (Å²) in [5.74, 6) is 0. The van der Waals surface area contributed by atoms with Crippen LogP contribution in [0, 0.1) is 32.1 Å². The second-order valence-corrected chi connectivity index (χ2v) is 5.16. The monoisotopic (exact) mass is 243 g/mol. The van der Waals surface area contributed by atoms with Gasteiger partial charge in [0, 0.05) is 25.3 Å². The quantitative estimate of drug-likeness (QED) is 0.866. The third-order valence-electron chi connectivity index (χ3n) is 3.60. The molecule has 0 amide bonds. The van der Waals surface area contributed by atoms with Gasteiger partial charge in [-0.2, -0.15) is 5.26 Å². The fraction of sp³-hybridized carbons (Fsp3) is 0.533. The first-order chi connectivity index (χ1) is 8.63. The van der Waals surface area contributed by atoms with Crippen molar-refractivity contribution in [2.75, 3.05) is 24.5 Å². The van der Waals surface area contributed by atoms with Crippen LogP contribution in [0.1, 0.15) is 23.1 Å². The van der Waals surface area contributed by atoms with Gasteiger partial charge < -0.3 is 10.2 Å². The zero-order chi connectivity index (χ0) is 13.1. The number of anilines is 1. The van der Waals surface area contributed by atoms with Crippen LogP contribution < -0.4 is 10.2 Å². The van der Waals surface area contributed by atoms with Crippen molar-refractivity contribution < 1.29 is 0 Å². The molecule has 0 radical (unpaired) electrons. The van der Waals surface area contributed by atoms with Gasteiger partial charge in [-0.1, -0.05) is 17.7 Å². The van der Waals surface area contributed by atoms with Gasteiger partial charge in [-0.25, -0.2) is 0 Å². The predicted molar refractivity (Wildman–Crippen MR) is 74.9 cm³/mol. The molecule has 1 aliphatic rings.